The molecular weight excluding hydrogens is 220 g/mol. The van der Waals surface area contributed by atoms with E-state index in [1.807, 2.05) is 18.3 Å². The Hall–Kier alpha value is -1.39. The summed E-state index contributed by atoms with van der Waals surface area (Å²) in [5.41, 5.74) is 6.81. The van der Waals surface area contributed by atoms with E-state index in [1.54, 1.807) is 23.5 Å². The number of hydrogen-bond donors (Lipinski definition) is 2. The summed E-state index contributed by atoms with van der Waals surface area (Å²) in [6.07, 6.45) is 2.91. The molecule has 2 atom stereocenters. The number of nitrogens with two attached hydrogens (primary N) is 1. The van der Waals surface area contributed by atoms with E-state index in [0.29, 0.717) is 12.0 Å². The lowest BCUT2D eigenvalue weighted by Gasteiger charge is -1.96. The fourth-order valence-electron chi connectivity index (χ4n) is 1.75. The molecule has 4 heteroatoms. The molecule has 0 bridgehead atoms. The number of phenolic OH excluding ortho intramolecular Hbond substituents is 1. The van der Waals surface area contributed by atoms with Crippen LogP contribution in [0.2, 0.25) is 0 Å². The number of benzene rings is 1. The molecule has 1 aromatic carbocycles. The third-order valence-electron chi connectivity index (χ3n) is 2.81. The van der Waals surface area contributed by atoms with Crippen molar-refractivity contribution in [1.82, 2.24) is 4.98 Å². The molecule has 82 valence electrons. The van der Waals surface area contributed by atoms with Crippen molar-refractivity contribution in [3.63, 3.8) is 0 Å². The maximum Gasteiger partial charge on any atom is 0.116 e. The van der Waals surface area contributed by atoms with Crippen molar-refractivity contribution >= 4 is 11.3 Å². The van der Waals surface area contributed by atoms with Gasteiger partial charge in [0.05, 0.1) is 9.88 Å². The molecule has 1 aliphatic carbocycles. The summed E-state index contributed by atoms with van der Waals surface area (Å²) in [7, 11) is 0. The van der Waals surface area contributed by atoms with E-state index in [9.17, 15) is 5.11 Å². The van der Waals surface area contributed by atoms with Crippen LogP contribution in [0.4, 0.5) is 0 Å². The van der Waals surface area contributed by atoms with E-state index in [-0.39, 0.29) is 5.75 Å². The van der Waals surface area contributed by atoms with Crippen molar-refractivity contribution in [2.45, 2.75) is 18.4 Å². The van der Waals surface area contributed by atoms with Crippen molar-refractivity contribution in [2.24, 2.45) is 5.73 Å². The molecule has 0 radical (unpaired) electrons. The minimum atomic E-state index is 0.288. The first-order chi connectivity index (χ1) is 7.74. The Labute approximate surface area is 97.6 Å². The predicted octanol–water partition coefficient (Wildman–Crippen LogP) is 2.33. The van der Waals surface area contributed by atoms with Gasteiger partial charge in [-0.1, -0.05) is 12.1 Å². The number of rotatable bonds is 2. The van der Waals surface area contributed by atoms with Crippen LogP contribution in [-0.2, 0) is 0 Å². The molecule has 0 spiro atoms. The van der Waals surface area contributed by atoms with Gasteiger partial charge in [0.25, 0.3) is 0 Å². The maximum atomic E-state index is 9.41. The zero-order valence-corrected chi connectivity index (χ0v) is 9.45. The van der Waals surface area contributed by atoms with Crippen LogP contribution in [-0.4, -0.2) is 16.1 Å². The zero-order valence-electron chi connectivity index (χ0n) is 8.63. The van der Waals surface area contributed by atoms with Gasteiger partial charge in [-0.2, -0.15) is 0 Å². The molecule has 1 fully saturated rings. The van der Waals surface area contributed by atoms with E-state index >= 15 is 0 Å². The monoisotopic (exact) mass is 232 g/mol. The van der Waals surface area contributed by atoms with E-state index in [2.05, 4.69) is 4.98 Å². The molecule has 0 amide bonds. The maximum absolute atomic E-state index is 9.41. The van der Waals surface area contributed by atoms with Gasteiger partial charge in [0.1, 0.15) is 5.75 Å². The van der Waals surface area contributed by atoms with Gasteiger partial charge < -0.3 is 10.8 Å². The third-order valence-corrected chi connectivity index (χ3v) is 3.99. The van der Waals surface area contributed by atoms with Crippen LogP contribution in [0, 0.1) is 0 Å². The van der Waals surface area contributed by atoms with Gasteiger partial charge in [0.2, 0.25) is 0 Å². The average molecular weight is 232 g/mol. The normalized spacial score (nSPS) is 23.3. The van der Waals surface area contributed by atoms with Crippen LogP contribution in [0.5, 0.6) is 5.75 Å². The number of nitrogens with zero attached hydrogens (tertiary/aromatic N) is 1. The first-order valence-electron chi connectivity index (χ1n) is 5.25. The number of aromatic hydroxyl groups is 1. The summed E-state index contributed by atoms with van der Waals surface area (Å²) in [5.74, 6) is 0.742. The third kappa shape index (κ3) is 1.70. The quantitative estimate of drug-likeness (QED) is 0.835. The highest BCUT2D eigenvalue weighted by Gasteiger charge is 2.37. The minimum absolute atomic E-state index is 0.288. The van der Waals surface area contributed by atoms with Crippen LogP contribution in [0.25, 0.3) is 10.4 Å². The van der Waals surface area contributed by atoms with Crippen molar-refractivity contribution in [2.75, 3.05) is 0 Å². The molecule has 1 heterocycles. The summed E-state index contributed by atoms with van der Waals surface area (Å²) >= 11 is 1.67. The van der Waals surface area contributed by atoms with Gasteiger partial charge in [-0.25, -0.2) is 4.98 Å². The first-order valence-corrected chi connectivity index (χ1v) is 6.06. The van der Waals surface area contributed by atoms with Crippen molar-refractivity contribution in [1.29, 1.82) is 0 Å². The molecule has 0 unspecified atom stereocenters. The second-order valence-corrected chi connectivity index (χ2v) is 5.18. The van der Waals surface area contributed by atoms with Crippen LogP contribution >= 0.6 is 11.3 Å². The number of phenols is 1. The summed E-state index contributed by atoms with van der Waals surface area (Å²) in [4.78, 5) is 5.48. The van der Waals surface area contributed by atoms with Crippen LogP contribution < -0.4 is 5.73 Å². The molecule has 1 aliphatic rings. The summed E-state index contributed by atoms with van der Waals surface area (Å²) in [6, 6.07) is 7.53. The van der Waals surface area contributed by atoms with Gasteiger partial charge in [0.15, 0.2) is 0 Å². The molecular formula is C12H12N2OS. The molecule has 16 heavy (non-hydrogen) atoms. The average Bonchev–Trinajstić information content (AvgIpc) is 2.81. The molecule has 3 rings (SSSR count). The standard InChI is InChI=1S/C12H12N2OS/c13-10-5-9(10)12-14-6-11(16-12)7-2-1-3-8(15)4-7/h1-4,6,9-10,15H,5,13H2/t9-,10+/m1/s1. The van der Waals surface area contributed by atoms with E-state index in [0.717, 1.165) is 21.9 Å². The molecule has 1 aromatic heterocycles. The van der Waals surface area contributed by atoms with Gasteiger partial charge in [-0.05, 0) is 24.1 Å². The van der Waals surface area contributed by atoms with E-state index in [1.165, 1.54) is 0 Å². The first kappa shape index (κ1) is 9.81. The smallest absolute Gasteiger partial charge is 0.116 e. The largest absolute Gasteiger partial charge is 0.508 e. The van der Waals surface area contributed by atoms with Crippen molar-refractivity contribution < 1.29 is 5.11 Å². The second-order valence-electron chi connectivity index (χ2n) is 4.12. The predicted molar refractivity (Wildman–Crippen MR) is 64.5 cm³/mol. The highest BCUT2D eigenvalue weighted by molar-refractivity contribution is 7.15. The lowest BCUT2D eigenvalue weighted by atomic mass is 10.2. The summed E-state index contributed by atoms with van der Waals surface area (Å²) in [5, 5.41) is 10.5. The molecule has 2 aromatic rings. The van der Waals surface area contributed by atoms with Crippen LogP contribution in [0.15, 0.2) is 30.5 Å². The van der Waals surface area contributed by atoms with Crippen molar-refractivity contribution in [3.05, 3.63) is 35.5 Å². The van der Waals surface area contributed by atoms with Gasteiger partial charge in [0, 0.05) is 18.2 Å². The number of aromatic nitrogens is 1. The molecule has 3 nitrogen and oxygen atoms in total. The Morgan fingerprint density at radius 1 is 1.44 bits per heavy atom. The number of hydrogen-bond acceptors (Lipinski definition) is 4. The van der Waals surface area contributed by atoms with E-state index in [4.69, 9.17) is 5.73 Å². The summed E-state index contributed by atoms with van der Waals surface area (Å²) < 4.78 is 0. The van der Waals surface area contributed by atoms with Crippen molar-refractivity contribution in [3.8, 4) is 16.2 Å². The molecule has 0 saturated heterocycles. The lowest BCUT2D eigenvalue weighted by molar-refractivity contribution is 0.475. The zero-order chi connectivity index (χ0) is 11.1. The Bertz CT molecular complexity index is 523. The van der Waals surface area contributed by atoms with Gasteiger partial charge in [-0.3, -0.25) is 0 Å². The highest BCUT2D eigenvalue weighted by atomic mass is 32.1. The van der Waals surface area contributed by atoms with E-state index < -0.39 is 0 Å². The molecule has 1 saturated carbocycles. The van der Waals surface area contributed by atoms with Crippen LogP contribution in [0.1, 0.15) is 17.3 Å². The fraction of sp³-hybridized carbons (Fsp3) is 0.250. The highest BCUT2D eigenvalue weighted by Crippen LogP contribution is 2.42. The Balaban J connectivity index is 1.92. The topological polar surface area (TPSA) is 59.1 Å². The Kier molecular flexibility index (Phi) is 2.19. The SMILES string of the molecule is N[C@H]1C[C@H]1c1ncc(-c2cccc(O)c2)s1. The summed E-state index contributed by atoms with van der Waals surface area (Å²) in [6.45, 7) is 0. The lowest BCUT2D eigenvalue weighted by Crippen LogP contribution is -2.00. The Morgan fingerprint density at radius 3 is 2.94 bits per heavy atom. The molecule has 0 aliphatic heterocycles. The number of thiazole rings is 1. The molecule has 3 N–H and O–H groups in total. The Morgan fingerprint density at radius 2 is 2.25 bits per heavy atom. The second kappa shape index (κ2) is 3.57. The van der Waals surface area contributed by atoms with Gasteiger partial charge in [-0.15, -0.1) is 11.3 Å². The van der Waals surface area contributed by atoms with Crippen LogP contribution in [0.3, 0.4) is 0 Å². The van der Waals surface area contributed by atoms with Gasteiger partial charge >= 0.3 is 0 Å². The fourth-order valence-corrected chi connectivity index (χ4v) is 2.85. The minimum Gasteiger partial charge on any atom is -0.508 e.